The molecule has 0 aromatic carbocycles. The minimum Gasteiger partial charge on any atom is -0.333 e. The van der Waals surface area contributed by atoms with Gasteiger partial charge in [0.25, 0.3) is 0 Å². The van der Waals surface area contributed by atoms with Gasteiger partial charge in [-0.1, -0.05) is 6.92 Å². The number of hydrogen-bond acceptors (Lipinski definition) is 2. The Hall–Kier alpha value is -1.73. The molecule has 132 valence electrons. The third-order valence-electron chi connectivity index (χ3n) is 3.88. The maximum absolute atomic E-state index is 12.6. The Kier molecular flexibility index (Phi) is 5.71. The van der Waals surface area contributed by atoms with E-state index in [2.05, 4.69) is 15.7 Å². The van der Waals surface area contributed by atoms with Gasteiger partial charge in [-0.3, -0.25) is 4.68 Å². The third kappa shape index (κ3) is 5.44. The predicted octanol–water partition coefficient (Wildman–Crippen LogP) is 3.61. The van der Waals surface area contributed by atoms with Crippen molar-refractivity contribution in [3.63, 3.8) is 0 Å². The number of carbonyl (C=O) groups is 1. The second-order valence-electron chi connectivity index (χ2n) is 6.41. The second-order valence-corrected chi connectivity index (χ2v) is 6.41. The molecule has 0 fully saturated rings. The molecular weight excluding hydrogens is 309 g/mol. The van der Waals surface area contributed by atoms with Crippen LogP contribution >= 0.6 is 0 Å². The topological polar surface area (TPSA) is 59.0 Å². The van der Waals surface area contributed by atoms with Crippen molar-refractivity contribution in [2.45, 2.75) is 72.3 Å². The van der Waals surface area contributed by atoms with Gasteiger partial charge in [0.1, 0.15) is 6.54 Å². The summed E-state index contributed by atoms with van der Waals surface area (Å²) in [5.41, 5.74) is 1.14. The zero-order valence-electron chi connectivity index (χ0n) is 14.4. The number of nitrogens with one attached hydrogen (secondary N) is 2. The van der Waals surface area contributed by atoms with E-state index in [0.29, 0.717) is 17.0 Å². The predicted molar refractivity (Wildman–Crippen MR) is 82.2 cm³/mol. The summed E-state index contributed by atoms with van der Waals surface area (Å²) >= 11 is 0. The van der Waals surface area contributed by atoms with E-state index in [0.717, 1.165) is 11.1 Å². The molecule has 0 radical (unpaired) electrons. The van der Waals surface area contributed by atoms with Crippen molar-refractivity contribution < 1.29 is 18.0 Å². The molecule has 1 atom stereocenters. The smallest absolute Gasteiger partial charge is 0.333 e. The van der Waals surface area contributed by atoms with Crippen LogP contribution in [0.15, 0.2) is 0 Å². The molecule has 5 nitrogen and oxygen atoms in total. The molecule has 23 heavy (non-hydrogen) atoms. The normalized spacial score (nSPS) is 13.8. The van der Waals surface area contributed by atoms with E-state index in [-0.39, 0.29) is 11.6 Å². The van der Waals surface area contributed by atoms with Gasteiger partial charge in [0.2, 0.25) is 0 Å². The third-order valence-corrected chi connectivity index (χ3v) is 3.88. The van der Waals surface area contributed by atoms with E-state index < -0.39 is 18.8 Å². The average Bonchev–Trinajstić information content (AvgIpc) is 2.61. The molecule has 0 aliphatic rings. The van der Waals surface area contributed by atoms with Crippen LogP contribution < -0.4 is 10.6 Å². The molecule has 1 aromatic rings. The number of rotatable bonds is 5. The highest BCUT2D eigenvalue weighted by Crippen LogP contribution is 2.25. The SMILES string of the molecule is CCC(C)(C)NC(=O)N[C@H](C)c1c(C)nn(CC(F)(F)F)c1C. The van der Waals surface area contributed by atoms with Gasteiger partial charge in [0.15, 0.2) is 0 Å². The molecule has 2 amide bonds. The number of alkyl halides is 3. The fourth-order valence-corrected chi connectivity index (χ4v) is 2.36. The standard InChI is InChI=1S/C15H25F3N4O/c1-7-14(5,6)20-13(23)19-9(2)12-10(3)21-22(11(12)4)8-15(16,17)18/h9H,7-8H2,1-6H3,(H2,19,20,23)/t9-/m1/s1. The van der Waals surface area contributed by atoms with Crippen molar-refractivity contribution in [3.8, 4) is 0 Å². The second kappa shape index (κ2) is 6.80. The van der Waals surface area contributed by atoms with Gasteiger partial charge in [-0.05, 0) is 41.0 Å². The van der Waals surface area contributed by atoms with Crippen LogP contribution in [-0.4, -0.2) is 27.5 Å². The van der Waals surface area contributed by atoms with Crippen LogP contribution in [0, 0.1) is 13.8 Å². The first-order valence-electron chi connectivity index (χ1n) is 7.55. The number of aromatic nitrogens is 2. The van der Waals surface area contributed by atoms with E-state index in [1.165, 1.54) is 0 Å². The highest BCUT2D eigenvalue weighted by molar-refractivity contribution is 5.75. The fraction of sp³-hybridized carbons (Fsp3) is 0.733. The average molecular weight is 334 g/mol. The molecule has 8 heteroatoms. The Morgan fingerprint density at radius 3 is 2.35 bits per heavy atom. The van der Waals surface area contributed by atoms with Crippen molar-refractivity contribution in [2.75, 3.05) is 0 Å². The van der Waals surface area contributed by atoms with Crippen LogP contribution in [0.5, 0.6) is 0 Å². The summed E-state index contributed by atoms with van der Waals surface area (Å²) < 4.78 is 38.6. The summed E-state index contributed by atoms with van der Waals surface area (Å²) in [4.78, 5) is 12.0. The summed E-state index contributed by atoms with van der Waals surface area (Å²) in [6.45, 7) is 9.56. The summed E-state index contributed by atoms with van der Waals surface area (Å²) in [5.74, 6) is 0. The Morgan fingerprint density at radius 1 is 1.30 bits per heavy atom. The first-order chi connectivity index (χ1) is 10.4. The van der Waals surface area contributed by atoms with Gasteiger partial charge in [-0.2, -0.15) is 18.3 Å². The molecule has 0 saturated carbocycles. The summed E-state index contributed by atoms with van der Waals surface area (Å²) in [7, 11) is 0. The Bertz CT molecular complexity index is 564. The maximum atomic E-state index is 12.6. The number of carbonyl (C=O) groups excluding carboxylic acids is 1. The minimum absolute atomic E-state index is 0.353. The molecule has 0 aliphatic carbocycles. The lowest BCUT2D eigenvalue weighted by Crippen LogP contribution is -2.48. The molecule has 0 spiro atoms. The Balaban J connectivity index is 2.88. The molecule has 1 heterocycles. The van der Waals surface area contributed by atoms with E-state index in [9.17, 15) is 18.0 Å². The van der Waals surface area contributed by atoms with Crippen molar-refractivity contribution in [1.29, 1.82) is 0 Å². The number of amides is 2. The van der Waals surface area contributed by atoms with Crippen LogP contribution in [-0.2, 0) is 6.54 Å². The highest BCUT2D eigenvalue weighted by atomic mass is 19.4. The summed E-state index contributed by atoms with van der Waals surface area (Å²) in [5, 5.41) is 9.53. The van der Waals surface area contributed by atoms with Gasteiger partial charge in [-0.25, -0.2) is 4.79 Å². The number of nitrogens with zero attached hydrogens (tertiary/aromatic N) is 2. The summed E-state index contributed by atoms with van der Waals surface area (Å²) in [6, 6.07) is -0.795. The van der Waals surface area contributed by atoms with Crippen molar-refractivity contribution in [2.24, 2.45) is 0 Å². The van der Waals surface area contributed by atoms with Gasteiger partial charge in [-0.15, -0.1) is 0 Å². The van der Waals surface area contributed by atoms with Gasteiger partial charge in [0, 0.05) is 16.8 Å². The van der Waals surface area contributed by atoms with Gasteiger partial charge < -0.3 is 10.6 Å². The zero-order chi connectivity index (χ0) is 18.0. The van der Waals surface area contributed by atoms with Crippen LogP contribution in [0.25, 0.3) is 0 Å². The first-order valence-corrected chi connectivity index (χ1v) is 7.55. The molecule has 1 aromatic heterocycles. The Morgan fingerprint density at radius 2 is 1.87 bits per heavy atom. The number of hydrogen-bond donors (Lipinski definition) is 2. The Labute approximate surface area is 134 Å². The van der Waals surface area contributed by atoms with Gasteiger partial charge >= 0.3 is 12.2 Å². The molecule has 0 unspecified atom stereocenters. The monoisotopic (exact) mass is 334 g/mol. The minimum atomic E-state index is -4.33. The number of aryl methyl sites for hydroxylation is 1. The molecule has 1 rings (SSSR count). The molecule has 0 aliphatic heterocycles. The fourth-order valence-electron chi connectivity index (χ4n) is 2.36. The highest BCUT2D eigenvalue weighted by Gasteiger charge is 2.31. The van der Waals surface area contributed by atoms with Crippen molar-refractivity contribution in [1.82, 2.24) is 20.4 Å². The van der Waals surface area contributed by atoms with Crippen molar-refractivity contribution >= 4 is 6.03 Å². The van der Waals surface area contributed by atoms with E-state index in [4.69, 9.17) is 0 Å². The van der Waals surface area contributed by atoms with E-state index in [1.807, 2.05) is 20.8 Å². The van der Waals surface area contributed by atoms with Crippen LogP contribution in [0.3, 0.4) is 0 Å². The van der Waals surface area contributed by atoms with Gasteiger partial charge in [0.05, 0.1) is 11.7 Å². The lowest BCUT2D eigenvalue weighted by molar-refractivity contribution is -0.143. The van der Waals surface area contributed by atoms with Crippen LogP contribution in [0.2, 0.25) is 0 Å². The molecule has 0 bridgehead atoms. The lowest BCUT2D eigenvalue weighted by atomic mass is 10.0. The zero-order valence-corrected chi connectivity index (χ0v) is 14.4. The largest absolute Gasteiger partial charge is 0.408 e. The molecule has 0 saturated heterocycles. The quantitative estimate of drug-likeness (QED) is 0.864. The van der Waals surface area contributed by atoms with Crippen molar-refractivity contribution in [3.05, 3.63) is 17.0 Å². The first kappa shape index (κ1) is 19.3. The van der Waals surface area contributed by atoms with E-state index in [1.54, 1.807) is 20.8 Å². The summed E-state index contributed by atoms with van der Waals surface area (Å²) in [6.07, 6.45) is -3.57. The van der Waals surface area contributed by atoms with Crippen LogP contribution in [0.4, 0.5) is 18.0 Å². The van der Waals surface area contributed by atoms with Crippen LogP contribution in [0.1, 0.15) is 57.1 Å². The number of halogens is 3. The molecule has 2 N–H and O–H groups in total. The van der Waals surface area contributed by atoms with E-state index >= 15 is 0 Å². The number of urea groups is 1. The lowest BCUT2D eigenvalue weighted by Gasteiger charge is -2.26. The molecular formula is C15H25F3N4O. The maximum Gasteiger partial charge on any atom is 0.408 e.